The van der Waals surface area contributed by atoms with Crippen LogP contribution >= 0.6 is 22.9 Å². The quantitative estimate of drug-likeness (QED) is 0.943. The molecule has 0 saturated carbocycles. The fraction of sp³-hybridized carbons (Fsp3) is 0.400. The van der Waals surface area contributed by atoms with Gasteiger partial charge in [-0.25, -0.2) is 4.98 Å². The third-order valence-electron chi connectivity index (χ3n) is 4.05. The molecule has 0 spiro atoms. The third kappa shape index (κ3) is 2.49. The lowest BCUT2D eigenvalue weighted by atomic mass is 10.0. The summed E-state index contributed by atoms with van der Waals surface area (Å²) in [5.41, 5.74) is 9.88. The van der Waals surface area contributed by atoms with E-state index in [0.29, 0.717) is 12.6 Å². The molecule has 1 aromatic carbocycles. The molecule has 1 aromatic heterocycles. The summed E-state index contributed by atoms with van der Waals surface area (Å²) < 4.78 is 0. The van der Waals surface area contributed by atoms with Crippen molar-refractivity contribution in [3.63, 3.8) is 0 Å². The second kappa shape index (κ2) is 5.82. The van der Waals surface area contributed by atoms with E-state index in [1.54, 1.807) is 11.3 Å². The molecule has 0 amide bonds. The second-order valence-corrected chi connectivity index (χ2v) is 6.52. The van der Waals surface area contributed by atoms with Crippen LogP contribution in [0.1, 0.15) is 27.7 Å². The summed E-state index contributed by atoms with van der Waals surface area (Å²) in [7, 11) is 0. The Labute approximate surface area is 128 Å². The minimum Gasteiger partial charge on any atom is -0.329 e. The Morgan fingerprint density at radius 1 is 1.50 bits per heavy atom. The minimum absolute atomic E-state index is 0.306. The molecule has 1 atom stereocenters. The SMILES string of the molecule is Cc1c(Cl)ccc2c1CN(CCc1nccs1)C2CN. The van der Waals surface area contributed by atoms with Crippen molar-refractivity contribution < 1.29 is 0 Å². The number of aromatic nitrogens is 1. The van der Waals surface area contributed by atoms with Crippen molar-refractivity contribution >= 4 is 22.9 Å². The summed E-state index contributed by atoms with van der Waals surface area (Å²) in [6.07, 6.45) is 2.85. The van der Waals surface area contributed by atoms with Crippen molar-refractivity contribution in [3.8, 4) is 0 Å². The fourth-order valence-corrected chi connectivity index (χ4v) is 3.69. The van der Waals surface area contributed by atoms with Crippen LogP contribution in [0.3, 0.4) is 0 Å². The largest absolute Gasteiger partial charge is 0.329 e. The van der Waals surface area contributed by atoms with E-state index in [2.05, 4.69) is 22.9 Å². The molecule has 1 unspecified atom stereocenters. The molecule has 1 aliphatic rings. The topological polar surface area (TPSA) is 42.2 Å². The maximum Gasteiger partial charge on any atom is 0.0937 e. The maximum atomic E-state index is 6.23. The van der Waals surface area contributed by atoms with Crippen molar-refractivity contribution in [1.82, 2.24) is 9.88 Å². The van der Waals surface area contributed by atoms with E-state index in [9.17, 15) is 0 Å². The molecular formula is C15H18ClN3S. The van der Waals surface area contributed by atoms with Crippen molar-refractivity contribution in [2.75, 3.05) is 13.1 Å². The molecule has 0 saturated heterocycles. The Kier molecular flexibility index (Phi) is 4.08. The van der Waals surface area contributed by atoms with Gasteiger partial charge in [0.1, 0.15) is 0 Å². The molecule has 1 aliphatic heterocycles. The van der Waals surface area contributed by atoms with Gasteiger partial charge in [-0.1, -0.05) is 17.7 Å². The third-order valence-corrected chi connectivity index (χ3v) is 5.30. The lowest BCUT2D eigenvalue weighted by Gasteiger charge is -2.23. The Bertz CT molecular complexity index is 597. The zero-order chi connectivity index (χ0) is 14.1. The Morgan fingerprint density at radius 3 is 3.05 bits per heavy atom. The fourth-order valence-electron chi connectivity index (χ4n) is 2.91. The molecule has 20 heavy (non-hydrogen) atoms. The molecule has 5 heteroatoms. The lowest BCUT2D eigenvalue weighted by molar-refractivity contribution is 0.222. The van der Waals surface area contributed by atoms with Crippen LogP contribution in [0.2, 0.25) is 5.02 Å². The Morgan fingerprint density at radius 2 is 2.35 bits per heavy atom. The number of nitrogens with zero attached hydrogens (tertiary/aromatic N) is 2. The van der Waals surface area contributed by atoms with Crippen molar-refractivity contribution in [2.45, 2.75) is 25.9 Å². The normalized spacial score (nSPS) is 18.4. The van der Waals surface area contributed by atoms with Crippen LogP contribution in [-0.2, 0) is 13.0 Å². The number of rotatable bonds is 4. The average Bonchev–Trinajstić information content (AvgIpc) is 3.07. The van der Waals surface area contributed by atoms with Crippen molar-refractivity contribution in [2.24, 2.45) is 5.73 Å². The molecule has 106 valence electrons. The minimum atomic E-state index is 0.306. The summed E-state index contributed by atoms with van der Waals surface area (Å²) in [5.74, 6) is 0. The van der Waals surface area contributed by atoms with Gasteiger partial charge < -0.3 is 5.73 Å². The number of nitrogens with two attached hydrogens (primary N) is 1. The van der Waals surface area contributed by atoms with E-state index >= 15 is 0 Å². The average molecular weight is 308 g/mol. The summed E-state index contributed by atoms with van der Waals surface area (Å²) >= 11 is 7.95. The first-order chi connectivity index (χ1) is 9.70. The Hall–Kier alpha value is -0.940. The first-order valence-electron chi connectivity index (χ1n) is 6.81. The Balaban J connectivity index is 1.79. The maximum absolute atomic E-state index is 6.23. The van der Waals surface area contributed by atoms with Crippen molar-refractivity contribution in [3.05, 3.63) is 50.4 Å². The summed E-state index contributed by atoms with van der Waals surface area (Å²) in [6.45, 7) is 4.67. The zero-order valence-corrected chi connectivity index (χ0v) is 13.0. The summed E-state index contributed by atoms with van der Waals surface area (Å²) in [5, 5.41) is 4.06. The number of halogens is 1. The molecular weight excluding hydrogens is 290 g/mol. The van der Waals surface area contributed by atoms with Crippen LogP contribution in [0.15, 0.2) is 23.7 Å². The highest BCUT2D eigenvalue weighted by Crippen LogP contribution is 2.37. The zero-order valence-electron chi connectivity index (χ0n) is 11.5. The first-order valence-corrected chi connectivity index (χ1v) is 8.07. The number of thiazole rings is 1. The van der Waals surface area contributed by atoms with E-state index in [1.807, 2.05) is 17.6 Å². The predicted molar refractivity (Wildman–Crippen MR) is 84.2 cm³/mol. The highest BCUT2D eigenvalue weighted by molar-refractivity contribution is 7.09. The van der Waals surface area contributed by atoms with Gasteiger partial charge in [0, 0.05) is 48.7 Å². The molecule has 0 bridgehead atoms. The molecule has 3 rings (SSSR count). The van der Waals surface area contributed by atoms with Crippen LogP contribution in [0.25, 0.3) is 0 Å². The van der Waals surface area contributed by atoms with Gasteiger partial charge in [0.15, 0.2) is 0 Å². The molecule has 3 nitrogen and oxygen atoms in total. The van der Waals surface area contributed by atoms with Crippen molar-refractivity contribution in [1.29, 1.82) is 0 Å². The molecule has 2 aromatic rings. The summed E-state index contributed by atoms with van der Waals surface area (Å²) in [4.78, 5) is 6.79. The van der Waals surface area contributed by atoms with Crippen LogP contribution in [-0.4, -0.2) is 23.0 Å². The molecule has 0 fully saturated rings. The summed E-state index contributed by atoms with van der Waals surface area (Å²) in [6, 6.07) is 4.43. The number of fused-ring (bicyclic) bond motifs is 1. The second-order valence-electron chi connectivity index (χ2n) is 5.14. The van der Waals surface area contributed by atoms with Gasteiger partial charge >= 0.3 is 0 Å². The van der Waals surface area contributed by atoms with Gasteiger partial charge in [0.25, 0.3) is 0 Å². The van der Waals surface area contributed by atoms with Gasteiger partial charge in [-0.3, -0.25) is 4.90 Å². The first kappa shape index (κ1) is 14.0. The van der Waals surface area contributed by atoms with Gasteiger partial charge in [-0.05, 0) is 29.7 Å². The molecule has 2 N–H and O–H groups in total. The number of hydrogen-bond donors (Lipinski definition) is 1. The van der Waals surface area contributed by atoms with Crippen LogP contribution in [0.5, 0.6) is 0 Å². The highest BCUT2D eigenvalue weighted by atomic mass is 35.5. The molecule has 0 radical (unpaired) electrons. The van der Waals surface area contributed by atoms with Gasteiger partial charge in [-0.2, -0.15) is 0 Å². The molecule has 0 aliphatic carbocycles. The van der Waals surface area contributed by atoms with E-state index in [-0.39, 0.29) is 0 Å². The highest BCUT2D eigenvalue weighted by Gasteiger charge is 2.30. The number of hydrogen-bond acceptors (Lipinski definition) is 4. The van der Waals surface area contributed by atoms with E-state index in [4.69, 9.17) is 17.3 Å². The monoisotopic (exact) mass is 307 g/mol. The van der Waals surface area contributed by atoms with Crippen LogP contribution in [0.4, 0.5) is 0 Å². The predicted octanol–water partition coefficient (Wildman–Crippen LogP) is 3.16. The number of benzene rings is 1. The van der Waals surface area contributed by atoms with E-state index in [0.717, 1.165) is 24.5 Å². The van der Waals surface area contributed by atoms with Crippen LogP contribution in [0, 0.1) is 6.92 Å². The van der Waals surface area contributed by atoms with E-state index in [1.165, 1.54) is 21.7 Å². The lowest BCUT2D eigenvalue weighted by Crippen LogP contribution is -2.29. The van der Waals surface area contributed by atoms with Gasteiger partial charge in [0.05, 0.1) is 5.01 Å². The van der Waals surface area contributed by atoms with Gasteiger partial charge in [0.2, 0.25) is 0 Å². The molecule has 2 heterocycles. The van der Waals surface area contributed by atoms with Gasteiger partial charge in [-0.15, -0.1) is 11.3 Å². The van der Waals surface area contributed by atoms with Crippen LogP contribution < -0.4 is 5.73 Å². The standard InChI is InChI=1S/C15H18ClN3S/c1-10-12-9-19(6-4-15-18-5-7-20-15)14(8-17)11(12)2-3-13(10)16/h2-3,5,7,14H,4,6,8-9,17H2,1H3. The smallest absolute Gasteiger partial charge is 0.0937 e. The van der Waals surface area contributed by atoms with E-state index < -0.39 is 0 Å².